The van der Waals surface area contributed by atoms with Crippen molar-refractivity contribution < 1.29 is 18.0 Å². The average molecular weight is 257 g/mol. The van der Waals surface area contributed by atoms with Crippen LogP contribution in [0.2, 0.25) is 0 Å². The highest BCUT2D eigenvalue weighted by Crippen LogP contribution is 2.38. The number of ketones is 1. The minimum absolute atomic E-state index is 0.0419. The third-order valence-corrected chi connectivity index (χ3v) is 3.15. The minimum atomic E-state index is -4.32. The predicted octanol–water partition coefficient (Wildman–Crippen LogP) is 2.95. The van der Waals surface area contributed by atoms with E-state index in [2.05, 4.69) is 0 Å². The van der Waals surface area contributed by atoms with Gasteiger partial charge in [0.05, 0.1) is 0 Å². The molecular weight excluding hydrogens is 243 g/mol. The summed E-state index contributed by atoms with van der Waals surface area (Å²) in [6.45, 7) is 0.357. The molecule has 98 valence electrons. The highest BCUT2D eigenvalue weighted by atomic mass is 19.4. The number of carbonyl (C=O) groups is 1. The first-order chi connectivity index (χ1) is 8.48. The summed E-state index contributed by atoms with van der Waals surface area (Å²) in [5, 5.41) is 0. The van der Waals surface area contributed by atoms with Gasteiger partial charge in [-0.05, 0) is 5.56 Å². The Labute approximate surface area is 103 Å². The smallest absolute Gasteiger partial charge is 0.300 e. The lowest BCUT2D eigenvalue weighted by atomic mass is 10.0. The van der Waals surface area contributed by atoms with Gasteiger partial charge in [-0.2, -0.15) is 13.2 Å². The standard InChI is InChI=1S/C13H14F3NO/c14-13(15,16)12(10-4-2-1-3-5-10)17-8-6-11(18)7-9-17/h1-5,12H,6-9H2. The molecule has 1 fully saturated rings. The zero-order valence-corrected chi connectivity index (χ0v) is 9.78. The third-order valence-electron chi connectivity index (χ3n) is 3.15. The number of benzene rings is 1. The number of carbonyl (C=O) groups excluding carboxylic acids is 1. The summed E-state index contributed by atoms with van der Waals surface area (Å²) in [5.74, 6) is 0.0419. The van der Waals surface area contributed by atoms with Crippen molar-refractivity contribution in [3.05, 3.63) is 35.9 Å². The lowest BCUT2D eigenvalue weighted by Crippen LogP contribution is -2.43. The number of halogens is 3. The quantitative estimate of drug-likeness (QED) is 0.811. The van der Waals surface area contributed by atoms with Crippen molar-refractivity contribution in [2.24, 2.45) is 0 Å². The average Bonchev–Trinajstić information content (AvgIpc) is 2.32. The largest absolute Gasteiger partial charge is 0.408 e. The van der Waals surface area contributed by atoms with Gasteiger partial charge in [0.1, 0.15) is 11.8 Å². The molecule has 0 amide bonds. The number of hydrogen-bond donors (Lipinski definition) is 0. The number of alkyl halides is 3. The van der Waals surface area contributed by atoms with E-state index >= 15 is 0 Å². The van der Waals surface area contributed by atoms with E-state index in [1.807, 2.05) is 0 Å². The van der Waals surface area contributed by atoms with Crippen LogP contribution < -0.4 is 0 Å². The fraction of sp³-hybridized carbons (Fsp3) is 0.462. The minimum Gasteiger partial charge on any atom is -0.300 e. The van der Waals surface area contributed by atoms with Crippen molar-refractivity contribution in [3.63, 3.8) is 0 Å². The van der Waals surface area contributed by atoms with Crippen molar-refractivity contribution in [2.75, 3.05) is 13.1 Å². The van der Waals surface area contributed by atoms with Gasteiger partial charge in [-0.25, -0.2) is 0 Å². The fourth-order valence-electron chi connectivity index (χ4n) is 2.27. The molecule has 0 radical (unpaired) electrons. The van der Waals surface area contributed by atoms with Crippen LogP contribution >= 0.6 is 0 Å². The Bertz CT molecular complexity index is 406. The van der Waals surface area contributed by atoms with E-state index in [-0.39, 0.29) is 37.3 Å². The molecule has 5 heteroatoms. The van der Waals surface area contributed by atoms with Crippen LogP contribution in [0.5, 0.6) is 0 Å². The Balaban J connectivity index is 2.24. The summed E-state index contributed by atoms with van der Waals surface area (Å²) in [6, 6.07) is 6.25. The Hall–Kier alpha value is -1.36. The normalized spacial score (nSPS) is 19.8. The molecule has 0 aliphatic carbocycles. The highest BCUT2D eigenvalue weighted by molar-refractivity contribution is 5.79. The number of nitrogens with zero attached hydrogens (tertiary/aromatic N) is 1. The number of likely N-dealkylation sites (tertiary alicyclic amines) is 1. The maximum absolute atomic E-state index is 13.2. The summed E-state index contributed by atoms with van der Waals surface area (Å²) in [5.41, 5.74) is 0.236. The predicted molar refractivity (Wildman–Crippen MR) is 61.1 cm³/mol. The Kier molecular flexibility index (Phi) is 3.71. The van der Waals surface area contributed by atoms with Crippen LogP contribution in [0.1, 0.15) is 24.4 Å². The Morgan fingerprint density at radius 2 is 1.61 bits per heavy atom. The van der Waals surface area contributed by atoms with E-state index in [0.29, 0.717) is 0 Å². The lowest BCUT2D eigenvalue weighted by molar-refractivity contribution is -0.189. The molecule has 0 N–H and O–H groups in total. The second kappa shape index (κ2) is 5.10. The van der Waals surface area contributed by atoms with E-state index in [9.17, 15) is 18.0 Å². The second-order valence-corrected chi connectivity index (χ2v) is 4.43. The van der Waals surface area contributed by atoms with E-state index < -0.39 is 12.2 Å². The van der Waals surface area contributed by atoms with Crippen molar-refractivity contribution in [2.45, 2.75) is 25.1 Å². The Morgan fingerprint density at radius 1 is 1.06 bits per heavy atom. The molecule has 2 rings (SSSR count). The van der Waals surface area contributed by atoms with Gasteiger partial charge in [-0.1, -0.05) is 30.3 Å². The summed E-state index contributed by atoms with van der Waals surface area (Å²) in [4.78, 5) is 12.5. The van der Waals surface area contributed by atoms with Gasteiger partial charge in [-0.3, -0.25) is 9.69 Å². The summed E-state index contributed by atoms with van der Waals surface area (Å²) in [6.07, 6.45) is -3.90. The van der Waals surface area contributed by atoms with Crippen LogP contribution in [0, 0.1) is 0 Å². The molecule has 1 saturated heterocycles. The molecule has 0 aromatic heterocycles. The van der Waals surface area contributed by atoms with Gasteiger partial charge >= 0.3 is 6.18 Å². The van der Waals surface area contributed by atoms with E-state index in [4.69, 9.17) is 0 Å². The molecular formula is C13H14F3NO. The zero-order valence-electron chi connectivity index (χ0n) is 9.78. The van der Waals surface area contributed by atoms with Gasteiger partial charge in [0, 0.05) is 25.9 Å². The SMILES string of the molecule is O=C1CCN(C(c2ccccc2)C(F)(F)F)CC1. The van der Waals surface area contributed by atoms with Crippen LogP contribution in [0.15, 0.2) is 30.3 Å². The molecule has 1 aromatic rings. The van der Waals surface area contributed by atoms with Crippen LogP contribution in [0.25, 0.3) is 0 Å². The topological polar surface area (TPSA) is 20.3 Å². The van der Waals surface area contributed by atoms with E-state index in [0.717, 1.165) is 0 Å². The van der Waals surface area contributed by atoms with Gasteiger partial charge in [0.25, 0.3) is 0 Å². The molecule has 1 atom stereocenters. The molecule has 2 nitrogen and oxygen atoms in total. The van der Waals surface area contributed by atoms with Gasteiger partial charge in [-0.15, -0.1) is 0 Å². The zero-order chi connectivity index (χ0) is 13.2. The molecule has 18 heavy (non-hydrogen) atoms. The third kappa shape index (κ3) is 2.90. The van der Waals surface area contributed by atoms with Crippen LogP contribution in [0.4, 0.5) is 13.2 Å². The Morgan fingerprint density at radius 3 is 2.11 bits per heavy atom. The number of Topliss-reactive ketones (excluding diaryl/α,β-unsaturated/α-hetero) is 1. The summed E-state index contributed by atoms with van der Waals surface area (Å²) < 4.78 is 39.5. The van der Waals surface area contributed by atoms with Crippen molar-refractivity contribution >= 4 is 5.78 Å². The highest BCUT2D eigenvalue weighted by Gasteiger charge is 2.45. The van der Waals surface area contributed by atoms with Gasteiger partial charge in [0.15, 0.2) is 0 Å². The summed E-state index contributed by atoms with van der Waals surface area (Å²) >= 11 is 0. The van der Waals surface area contributed by atoms with Crippen molar-refractivity contribution in [1.29, 1.82) is 0 Å². The monoisotopic (exact) mass is 257 g/mol. The van der Waals surface area contributed by atoms with Gasteiger partial charge < -0.3 is 0 Å². The molecule has 1 heterocycles. The van der Waals surface area contributed by atoms with Crippen LogP contribution in [0.3, 0.4) is 0 Å². The number of hydrogen-bond acceptors (Lipinski definition) is 2. The molecule has 0 bridgehead atoms. The molecule has 1 aliphatic heterocycles. The molecule has 1 aromatic carbocycles. The maximum atomic E-state index is 13.2. The first-order valence-electron chi connectivity index (χ1n) is 5.86. The molecule has 1 unspecified atom stereocenters. The molecule has 0 spiro atoms. The van der Waals surface area contributed by atoms with Crippen LogP contribution in [-0.4, -0.2) is 29.9 Å². The lowest BCUT2D eigenvalue weighted by Gasteiger charge is -2.35. The number of piperidine rings is 1. The van der Waals surface area contributed by atoms with Gasteiger partial charge in [0.2, 0.25) is 0 Å². The first kappa shape index (κ1) is 13.1. The van der Waals surface area contributed by atoms with Crippen molar-refractivity contribution in [1.82, 2.24) is 4.90 Å². The summed E-state index contributed by atoms with van der Waals surface area (Å²) in [7, 11) is 0. The maximum Gasteiger partial charge on any atom is 0.408 e. The first-order valence-corrected chi connectivity index (χ1v) is 5.86. The van der Waals surface area contributed by atoms with Crippen LogP contribution in [-0.2, 0) is 4.79 Å². The fourth-order valence-corrected chi connectivity index (χ4v) is 2.27. The molecule has 0 saturated carbocycles. The van der Waals surface area contributed by atoms with Crippen molar-refractivity contribution in [3.8, 4) is 0 Å². The number of rotatable bonds is 2. The molecule has 1 aliphatic rings. The second-order valence-electron chi connectivity index (χ2n) is 4.43. The van der Waals surface area contributed by atoms with E-state index in [1.54, 1.807) is 18.2 Å². The van der Waals surface area contributed by atoms with E-state index in [1.165, 1.54) is 17.0 Å².